The van der Waals surface area contributed by atoms with E-state index in [0.29, 0.717) is 18.9 Å². The lowest BCUT2D eigenvalue weighted by atomic mass is 10.0. The van der Waals surface area contributed by atoms with Gasteiger partial charge in [0.25, 0.3) is 5.56 Å². The second-order valence-corrected chi connectivity index (χ2v) is 6.78. The van der Waals surface area contributed by atoms with E-state index in [9.17, 15) is 9.59 Å². The number of piperidine rings is 1. The van der Waals surface area contributed by atoms with Crippen LogP contribution in [0.4, 0.5) is 5.82 Å². The van der Waals surface area contributed by atoms with Gasteiger partial charge in [-0.3, -0.25) is 9.59 Å². The number of nitrogens with one attached hydrogen (secondary N) is 2. The Morgan fingerprint density at radius 2 is 2.00 bits per heavy atom. The highest BCUT2D eigenvalue weighted by molar-refractivity contribution is 5.76. The zero-order chi connectivity index (χ0) is 16.1. The minimum absolute atomic E-state index is 0.178. The molecule has 2 heterocycles. The molecule has 0 bridgehead atoms. The second-order valence-electron chi connectivity index (χ2n) is 6.78. The summed E-state index contributed by atoms with van der Waals surface area (Å²) < 4.78 is 0. The Morgan fingerprint density at radius 3 is 2.74 bits per heavy atom. The van der Waals surface area contributed by atoms with Crippen LogP contribution in [0.5, 0.6) is 0 Å². The second kappa shape index (κ2) is 7.62. The van der Waals surface area contributed by atoms with Gasteiger partial charge in [-0.2, -0.15) is 5.10 Å². The number of nitrogens with zero attached hydrogens (tertiary/aromatic N) is 2. The molecule has 0 spiro atoms. The van der Waals surface area contributed by atoms with Gasteiger partial charge >= 0.3 is 0 Å². The first-order valence-electron chi connectivity index (χ1n) is 8.81. The first kappa shape index (κ1) is 16.0. The number of carbonyl (C=O) groups excluding carboxylic acids is 1. The molecule has 3 rings (SSSR count). The Labute approximate surface area is 136 Å². The van der Waals surface area contributed by atoms with Gasteiger partial charge < -0.3 is 10.2 Å². The predicted molar refractivity (Wildman–Crippen MR) is 89.4 cm³/mol. The first-order valence-corrected chi connectivity index (χ1v) is 8.81. The summed E-state index contributed by atoms with van der Waals surface area (Å²) in [5.41, 5.74) is -0.188. The van der Waals surface area contributed by atoms with E-state index in [-0.39, 0.29) is 17.5 Å². The molecule has 1 saturated heterocycles. The molecule has 126 valence electrons. The van der Waals surface area contributed by atoms with E-state index in [1.807, 2.05) is 0 Å². The monoisotopic (exact) mass is 318 g/mol. The minimum atomic E-state index is -0.188. The van der Waals surface area contributed by atoms with Crippen LogP contribution in [0, 0.1) is 5.92 Å². The van der Waals surface area contributed by atoms with Crippen LogP contribution in [-0.2, 0) is 4.79 Å². The van der Waals surface area contributed by atoms with Crippen molar-refractivity contribution in [1.29, 1.82) is 0 Å². The van der Waals surface area contributed by atoms with Crippen LogP contribution in [0.2, 0.25) is 0 Å². The zero-order valence-electron chi connectivity index (χ0n) is 13.6. The molecule has 1 amide bonds. The van der Waals surface area contributed by atoms with Gasteiger partial charge in [-0.15, -0.1) is 0 Å². The molecule has 2 N–H and O–H groups in total. The van der Waals surface area contributed by atoms with Gasteiger partial charge in [0.2, 0.25) is 5.91 Å². The van der Waals surface area contributed by atoms with E-state index in [1.54, 1.807) is 6.07 Å². The maximum absolute atomic E-state index is 12.1. The van der Waals surface area contributed by atoms with Crippen molar-refractivity contribution in [1.82, 2.24) is 15.5 Å². The van der Waals surface area contributed by atoms with Gasteiger partial charge in [0.15, 0.2) is 0 Å². The van der Waals surface area contributed by atoms with Crippen molar-refractivity contribution in [2.75, 3.05) is 18.0 Å². The van der Waals surface area contributed by atoms with Crippen LogP contribution in [-0.4, -0.2) is 35.2 Å². The number of anilines is 1. The fourth-order valence-electron chi connectivity index (χ4n) is 3.79. The predicted octanol–water partition coefficient (Wildman–Crippen LogP) is 1.83. The van der Waals surface area contributed by atoms with Gasteiger partial charge in [-0.05, 0) is 44.1 Å². The maximum Gasteiger partial charge on any atom is 0.264 e. The third-order valence-electron chi connectivity index (χ3n) is 5.07. The molecule has 1 atom stereocenters. The van der Waals surface area contributed by atoms with Gasteiger partial charge in [0.05, 0.1) is 0 Å². The maximum atomic E-state index is 12.1. The largest absolute Gasteiger partial charge is 0.354 e. The van der Waals surface area contributed by atoms with Crippen molar-refractivity contribution < 1.29 is 4.79 Å². The van der Waals surface area contributed by atoms with Gasteiger partial charge in [-0.1, -0.05) is 12.8 Å². The number of carbonyl (C=O) groups is 1. The molecular weight excluding hydrogens is 292 g/mol. The molecule has 1 aromatic rings. The average Bonchev–Trinajstić information content (AvgIpc) is 3.07. The van der Waals surface area contributed by atoms with Crippen LogP contribution in [0.1, 0.15) is 51.4 Å². The number of H-pyrrole nitrogens is 1. The van der Waals surface area contributed by atoms with Crippen molar-refractivity contribution in [3.63, 3.8) is 0 Å². The number of amides is 1. The summed E-state index contributed by atoms with van der Waals surface area (Å²) in [6, 6.07) is 3.53. The van der Waals surface area contributed by atoms with Crippen molar-refractivity contribution in [2.24, 2.45) is 5.92 Å². The molecule has 1 aliphatic heterocycles. The molecule has 1 aromatic heterocycles. The van der Waals surface area contributed by atoms with Crippen LogP contribution >= 0.6 is 0 Å². The van der Waals surface area contributed by atoms with Crippen molar-refractivity contribution in [2.45, 2.75) is 57.4 Å². The smallest absolute Gasteiger partial charge is 0.264 e. The summed E-state index contributed by atoms with van der Waals surface area (Å²) in [6.45, 7) is 1.58. The Hall–Kier alpha value is -1.85. The summed E-state index contributed by atoms with van der Waals surface area (Å²) in [4.78, 5) is 25.5. The molecule has 6 heteroatoms. The van der Waals surface area contributed by atoms with E-state index in [4.69, 9.17) is 0 Å². The summed E-state index contributed by atoms with van der Waals surface area (Å²) in [6.07, 6.45) is 8.94. The molecule has 0 aromatic carbocycles. The van der Waals surface area contributed by atoms with E-state index in [1.165, 1.54) is 38.2 Å². The van der Waals surface area contributed by atoms with E-state index in [0.717, 1.165) is 25.2 Å². The van der Waals surface area contributed by atoms with Crippen molar-refractivity contribution in [3.8, 4) is 0 Å². The lowest BCUT2D eigenvalue weighted by molar-refractivity contribution is -0.122. The normalized spacial score (nSPS) is 22.3. The lowest BCUT2D eigenvalue weighted by Crippen LogP contribution is -2.47. The van der Waals surface area contributed by atoms with Crippen LogP contribution in [0.15, 0.2) is 16.9 Å². The molecular formula is C17H26N4O2. The molecule has 2 fully saturated rings. The molecule has 6 nitrogen and oxygen atoms in total. The topological polar surface area (TPSA) is 78.1 Å². The zero-order valence-corrected chi connectivity index (χ0v) is 13.6. The molecule has 2 aliphatic rings. The highest BCUT2D eigenvalue weighted by atomic mass is 16.1. The Kier molecular flexibility index (Phi) is 5.31. The van der Waals surface area contributed by atoms with Crippen LogP contribution in [0.3, 0.4) is 0 Å². The number of aromatic nitrogens is 2. The summed E-state index contributed by atoms with van der Waals surface area (Å²) in [5, 5.41) is 9.74. The minimum Gasteiger partial charge on any atom is -0.354 e. The fourth-order valence-corrected chi connectivity index (χ4v) is 3.79. The number of aromatic amines is 1. The third kappa shape index (κ3) is 4.33. The fraction of sp³-hybridized carbons (Fsp3) is 0.706. The Bertz CT molecular complexity index is 560. The van der Waals surface area contributed by atoms with Crippen LogP contribution in [0.25, 0.3) is 0 Å². The average molecular weight is 318 g/mol. The summed E-state index contributed by atoms with van der Waals surface area (Å²) in [5.74, 6) is 1.55. The molecule has 23 heavy (non-hydrogen) atoms. The Balaban J connectivity index is 1.54. The Morgan fingerprint density at radius 1 is 1.22 bits per heavy atom. The van der Waals surface area contributed by atoms with Crippen molar-refractivity contribution in [3.05, 3.63) is 22.5 Å². The summed E-state index contributed by atoms with van der Waals surface area (Å²) in [7, 11) is 0. The molecule has 1 unspecified atom stereocenters. The van der Waals surface area contributed by atoms with Gasteiger partial charge in [-0.25, -0.2) is 5.10 Å². The molecule has 1 aliphatic carbocycles. The van der Waals surface area contributed by atoms with E-state index >= 15 is 0 Å². The molecule has 0 radical (unpaired) electrons. The van der Waals surface area contributed by atoms with Crippen molar-refractivity contribution >= 4 is 11.7 Å². The SMILES string of the molecule is O=C(CC1CCCC1)NCC1CCCCN1c1ccc(=O)[nH]n1. The highest BCUT2D eigenvalue weighted by Crippen LogP contribution is 2.27. The number of rotatable bonds is 5. The van der Waals surface area contributed by atoms with Gasteiger partial charge in [0, 0.05) is 31.6 Å². The first-order chi connectivity index (χ1) is 11.2. The third-order valence-corrected chi connectivity index (χ3v) is 5.07. The number of hydrogen-bond acceptors (Lipinski definition) is 4. The van der Waals surface area contributed by atoms with Crippen LogP contribution < -0.4 is 15.8 Å². The van der Waals surface area contributed by atoms with E-state index in [2.05, 4.69) is 20.4 Å². The lowest BCUT2D eigenvalue weighted by Gasteiger charge is -2.36. The quantitative estimate of drug-likeness (QED) is 0.868. The summed E-state index contributed by atoms with van der Waals surface area (Å²) >= 11 is 0. The molecule has 1 saturated carbocycles. The van der Waals surface area contributed by atoms with E-state index < -0.39 is 0 Å². The van der Waals surface area contributed by atoms with Gasteiger partial charge in [0.1, 0.15) is 5.82 Å². The highest BCUT2D eigenvalue weighted by Gasteiger charge is 2.25. The standard InChI is InChI=1S/C17H26N4O2/c22-16-9-8-15(19-20-16)21-10-4-3-7-14(21)12-18-17(23)11-13-5-1-2-6-13/h8-9,13-14H,1-7,10-12H2,(H,18,23)(H,20,22). The number of hydrogen-bond donors (Lipinski definition) is 2.